The lowest BCUT2D eigenvalue weighted by Crippen LogP contribution is -2.29. The van der Waals surface area contributed by atoms with E-state index in [1.807, 2.05) is 24.3 Å². The highest BCUT2D eigenvalue weighted by Gasteiger charge is 2.18. The molecule has 3 aromatic rings. The fourth-order valence-electron chi connectivity index (χ4n) is 3.15. The van der Waals surface area contributed by atoms with E-state index in [2.05, 4.69) is 20.0 Å². The summed E-state index contributed by atoms with van der Waals surface area (Å²) in [4.78, 5) is 22.4. The van der Waals surface area contributed by atoms with Gasteiger partial charge >= 0.3 is 0 Å². The monoisotopic (exact) mass is 343 g/mol. The van der Waals surface area contributed by atoms with Gasteiger partial charge in [-0.25, -0.2) is 4.98 Å². The molecule has 1 N–H and O–H groups in total. The molecule has 4 rings (SSSR count). The van der Waals surface area contributed by atoms with Gasteiger partial charge in [0.2, 0.25) is 5.95 Å². The molecule has 1 aliphatic rings. The van der Waals surface area contributed by atoms with Gasteiger partial charge in [-0.05, 0) is 25.0 Å². The number of para-hydroxylation sites is 2. The van der Waals surface area contributed by atoms with Crippen LogP contribution in [0.15, 0.2) is 35.3 Å². The van der Waals surface area contributed by atoms with E-state index in [9.17, 15) is 4.79 Å². The van der Waals surface area contributed by atoms with Crippen LogP contribution in [-0.2, 0) is 0 Å². The van der Waals surface area contributed by atoms with Crippen LogP contribution in [0.1, 0.15) is 25.7 Å². The number of nitrogens with zero attached hydrogens (tertiary/aromatic N) is 4. The van der Waals surface area contributed by atoms with Crippen molar-refractivity contribution in [1.29, 1.82) is 0 Å². The minimum absolute atomic E-state index is 0.201. The third-order valence-corrected chi connectivity index (χ3v) is 4.78. The SMILES string of the molecule is O=c1c(Cl)c(N2CCCCCC2)cnn1-c1nc2ccccc2[nH]1. The average molecular weight is 344 g/mol. The first-order chi connectivity index (χ1) is 11.7. The highest BCUT2D eigenvalue weighted by atomic mass is 35.5. The molecule has 0 atom stereocenters. The Bertz CT molecular complexity index is 891. The van der Waals surface area contributed by atoms with Gasteiger partial charge in [0.25, 0.3) is 5.56 Å². The van der Waals surface area contributed by atoms with Gasteiger partial charge in [0.05, 0.1) is 22.9 Å². The molecule has 0 spiro atoms. The number of hydrogen-bond donors (Lipinski definition) is 1. The van der Waals surface area contributed by atoms with Gasteiger partial charge in [-0.3, -0.25) is 4.79 Å². The summed E-state index contributed by atoms with van der Waals surface area (Å²) in [7, 11) is 0. The van der Waals surface area contributed by atoms with Crippen molar-refractivity contribution in [3.05, 3.63) is 45.8 Å². The number of halogens is 1. The number of nitrogens with one attached hydrogen (secondary N) is 1. The molecule has 0 unspecified atom stereocenters. The van der Waals surface area contributed by atoms with Gasteiger partial charge in [-0.15, -0.1) is 0 Å². The van der Waals surface area contributed by atoms with Gasteiger partial charge in [0.1, 0.15) is 5.02 Å². The van der Waals surface area contributed by atoms with Crippen LogP contribution in [0.3, 0.4) is 0 Å². The average Bonchev–Trinajstić information content (AvgIpc) is 2.84. The fraction of sp³-hybridized carbons (Fsp3) is 0.353. The first-order valence-corrected chi connectivity index (χ1v) is 8.60. The molecule has 124 valence electrons. The fourth-order valence-corrected chi connectivity index (χ4v) is 3.40. The number of benzene rings is 1. The number of imidazole rings is 1. The number of aromatic nitrogens is 4. The molecule has 0 amide bonds. The summed E-state index contributed by atoms with van der Waals surface area (Å²) in [5.74, 6) is 0.380. The molecule has 0 saturated carbocycles. The molecule has 1 fully saturated rings. The van der Waals surface area contributed by atoms with E-state index in [4.69, 9.17) is 11.6 Å². The molecule has 1 aromatic carbocycles. The smallest absolute Gasteiger partial charge is 0.295 e. The van der Waals surface area contributed by atoms with Gasteiger partial charge < -0.3 is 9.88 Å². The third kappa shape index (κ3) is 2.67. The summed E-state index contributed by atoms with van der Waals surface area (Å²) >= 11 is 6.38. The molecule has 3 heterocycles. The molecule has 7 heteroatoms. The van der Waals surface area contributed by atoms with Gasteiger partial charge in [-0.2, -0.15) is 9.78 Å². The lowest BCUT2D eigenvalue weighted by Gasteiger charge is -2.23. The zero-order valence-corrected chi connectivity index (χ0v) is 14.0. The standard InChI is InChI=1S/C17H18ClN5O/c18-15-14(22-9-5-1-2-6-10-22)11-19-23(16(15)24)17-20-12-7-3-4-8-13(12)21-17/h3-4,7-8,11H,1-2,5-6,9-10H2,(H,20,21). The Morgan fingerprint density at radius 3 is 2.58 bits per heavy atom. The molecular weight excluding hydrogens is 326 g/mol. The maximum atomic E-state index is 12.7. The zero-order valence-electron chi connectivity index (χ0n) is 13.2. The largest absolute Gasteiger partial charge is 0.369 e. The molecular formula is C17H18ClN5O. The first kappa shape index (κ1) is 15.2. The van der Waals surface area contributed by atoms with Gasteiger partial charge in [0, 0.05) is 13.1 Å². The number of H-pyrrole nitrogens is 1. The van der Waals surface area contributed by atoms with Crippen LogP contribution in [0.25, 0.3) is 17.0 Å². The van der Waals surface area contributed by atoms with Crippen molar-refractivity contribution in [1.82, 2.24) is 19.7 Å². The molecule has 0 bridgehead atoms. The Hall–Kier alpha value is -2.34. The summed E-state index contributed by atoms with van der Waals surface area (Å²) < 4.78 is 1.23. The third-order valence-electron chi connectivity index (χ3n) is 4.42. The molecule has 0 aliphatic carbocycles. The predicted octanol–water partition coefficient (Wildman–Crippen LogP) is 3.14. The van der Waals surface area contributed by atoms with E-state index in [0.717, 1.165) is 42.7 Å². The molecule has 2 aromatic heterocycles. The highest BCUT2D eigenvalue weighted by Crippen LogP contribution is 2.24. The normalized spacial score (nSPS) is 15.6. The summed E-state index contributed by atoms with van der Waals surface area (Å²) in [5.41, 5.74) is 2.01. The summed E-state index contributed by atoms with van der Waals surface area (Å²) in [5, 5.41) is 4.50. The lowest BCUT2D eigenvalue weighted by atomic mass is 10.2. The van der Waals surface area contributed by atoms with Crippen LogP contribution in [0.2, 0.25) is 5.02 Å². The van der Waals surface area contributed by atoms with Crippen LogP contribution >= 0.6 is 11.6 Å². The summed E-state index contributed by atoms with van der Waals surface area (Å²) in [6.07, 6.45) is 6.34. The van der Waals surface area contributed by atoms with Gasteiger partial charge in [0.15, 0.2) is 0 Å². The topological polar surface area (TPSA) is 66.8 Å². The predicted molar refractivity (Wildman–Crippen MR) is 95.2 cm³/mol. The second kappa shape index (κ2) is 6.28. The van der Waals surface area contributed by atoms with Crippen molar-refractivity contribution >= 4 is 28.3 Å². The van der Waals surface area contributed by atoms with E-state index in [1.54, 1.807) is 6.20 Å². The van der Waals surface area contributed by atoms with Crippen molar-refractivity contribution in [2.24, 2.45) is 0 Å². The molecule has 1 saturated heterocycles. The Morgan fingerprint density at radius 1 is 1.08 bits per heavy atom. The van der Waals surface area contributed by atoms with Crippen molar-refractivity contribution in [3.63, 3.8) is 0 Å². The second-order valence-electron chi connectivity index (χ2n) is 6.04. The Balaban J connectivity index is 1.75. The number of fused-ring (bicyclic) bond motifs is 1. The van der Waals surface area contributed by atoms with Crippen molar-refractivity contribution in [2.75, 3.05) is 18.0 Å². The minimum Gasteiger partial charge on any atom is -0.369 e. The maximum Gasteiger partial charge on any atom is 0.295 e. The van der Waals surface area contributed by atoms with E-state index in [0.29, 0.717) is 5.95 Å². The molecule has 6 nitrogen and oxygen atoms in total. The molecule has 0 radical (unpaired) electrons. The van der Waals surface area contributed by atoms with Crippen LogP contribution in [0.5, 0.6) is 0 Å². The zero-order chi connectivity index (χ0) is 16.5. The quantitative estimate of drug-likeness (QED) is 0.776. The van der Waals surface area contributed by atoms with Crippen molar-refractivity contribution in [2.45, 2.75) is 25.7 Å². The lowest BCUT2D eigenvalue weighted by molar-refractivity contribution is 0.726. The molecule has 1 aliphatic heterocycles. The van der Waals surface area contributed by atoms with E-state index >= 15 is 0 Å². The van der Waals surface area contributed by atoms with Crippen LogP contribution in [0, 0.1) is 0 Å². The number of aromatic amines is 1. The number of hydrogen-bond acceptors (Lipinski definition) is 4. The number of anilines is 1. The van der Waals surface area contributed by atoms with E-state index in [-0.39, 0.29) is 10.6 Å². The minimum atomic E-state index is -0.350. The Kier molecular flexibility index (Phi) is 3.98. The Morgan fingerprint density at radius 2 is 1.83 bits per heavy atom. The molecule has 24 heavy (non-hydrogen) atoms. The maximum absolute atomic E-state index is 12.7. The first-order valence-electron chi connectivity index (χ1n) is 8.22. The van der Waals surface area contributed by atoms with E-state index < -0.39 is 0 Å². The Labute approximate surface area is 144 Å². The van der Waals surface area contributed by atoms with Crippen LogP contribution < -0.4 is 10.5 Å². The van der Waals surface area contributed by atoms with Gasteiger partial charge in [-0.1, -0.05) is 36.6 Å². The number of rotatable bonds is 2. The highest BCUT2D eigenvalue weighted by molar-refractivity contribution is 6.33. The van der Waals surface area contributed by atoms with Crippen LogP contribution in [-0.4, -0.2) is 32.8 Å². The van der Waals surface area contributed by atoms with Crippen LogP contribution in [0.4, 0.5) is 5.69 Å². The van der Waals surface area contributed by atoms with Crippen molar-refractivity contribution in [3.8, 4) is 5.95 Å². The van der Waals surface area contributed by atoms with Crippen molar-refractivity contribution < 1.29 is 0 Å². The van der Waals surface area contributed by atoms with E-state index in [1.165, 1.54) is 17.5 Å². The summed E-state index contributed by atoms with van der Waals surface area (Å²) in [6, 6.07) is 7.60. The second-order valence-corrected chi connectivity index (χ2v) is 6.42. The summed E-state index contributed by atoms with van der Waals surface area (Å²) in [6.45, 7) is 1.82.